The summed E-state index contributed by atoms with van der Waals surface area (Å²) in [7, 11) is 0. The van der Waals surface area contributed by atoms with Gasteiger partial charge in [0.25, 0.3) is 0 Å². The molecular formula is C13H15F2NO2. The number of benzene rings is 1. The Bertz CT molecular complexity index is 430. The Kier molecular flexibility index (Phi) is 3.91. The summed E-state index contributed by atoms with van der Waals surface area (Å²) in [4.78, 5) is 10.9. The fraction of sp³-hybridized carbons (Fsp3) is 0.462. The SMILES string of the molecule is O=C(O)C1CCNC(Cc2c(F)cccc2F)C1. The number of carboxylic acid groups (broad SMARTS) is 1. The Hall–Kier alpha value is -1.49. The lowest BCUT2D eigenvalue weighted by Crippen LogP contribution is -2.42. The molecule has 3 nitrogen and oxygen atoms in total. The van der Waals surface area contributed by atoms with E-state index < -0.39 is 23.5 Å². The first kappa shape index (κ1) is 13.0. The number of piperidine rings is 1. The molecule has 1 heterocycles. The smallest absolute Gasteiger partial charge is 0.306 e. The summed E-state index contributed by atoms with van der Waals surface area (Å²) in [5.74, 6) is -2.41. The Morgan fingerprint density at radius 2 is 2.06 bits per heavy atom. The lowest BCUT2D eigenvalue weighted by Gasteiger charge is -2.28. The zero-order valence-corrected chi connectivity index (χ0v) is 9.83. The fourth-order valence-electron chi connectivity index (χ4n) is 2.36. The standard InChI is InChI=1S/C13H15F2NO2/c14-11-2-1-3-12(15)10(11)7-9-6-8(13(17)18)4-5-16-9/h1-3,8-9,16H,4-7H2,(H,17,18). The second-order valence-electron chi connectivity index (χ2n) is 4.61. The molecule has 98 valence electrons. The number of hydrogen-bond donors (Lipinski definition) is 2. The summed E-state index contributed by atoms with van der Waals surface area (Å²) in [6, 6.07) is 3.57. The molecule has 5 heteroatoms. The van der Waals surface area contributed by atoms with Gasteiger partial charge >= 0.3 is 5.97 Å². The van der Waals surface area contributed by atoms with Crippen LogP contribution in [-0.2, 0) is 11.2 Å². The summed E-state index contributed by atoms with van der Waals surface area (Å²) in [5, 5.41) is 12.1. The maximum atomic E-state index is 13.5. The third-order valence-corrected chi connectivity index (χ3v) is 3.36. The average molecular weight is 255 g/mol. The molecule has 2 N–H and O–H groups in total. The van der Waals surface area contributed by atoms with Gasteiger partial charge in [-0.1, -0.05) is 6.07 Å². The van der Waals surface area contributed by atoms with Gasteiger partial charge in [0.1, 0.15) is 11.6 Å². The molecule has 2 rings (SSSR count). The number of carboxylic acids is 1. The van der Waals surface area contributed by atoms with Crippen LogP contribution in [0.5, 0.6) is 0 Å². The third kappa shape index (κ3) is 2.85. The number of aliphatic carboxylic acids is 1. The lowest BCUT2D eigenvalue weighted by molar-refractivity contribution is -0.142. The topological polar surface area (TPSA) is 49.3 Å². The zero-order valence-electron chi connectivity index (χ0n) is 9.83. The average Bonchev–Trinajstić information content (AvgIpc) is 2.34. The van der Waals surface area contributed by atoms with E-state index in [4.69, 9.17) is 5.11 Å². The van der Waals surface area contributed by atoms with Crippen LogP contribution in [0.25, 0.3) is 0 Å². The van der Waals surface area contributed by atoms with E-state index in [0.717, 1.165) is 0 Å². The molecule has 18 heavy (non-hydrogen) atoms. The molecule has 2 unspecified atom stereocenters. The molecule has 0 spiro atoms. The van der Waals surface area contributed by atoms with Crippen LogP contribution in [0.2, 0.25) is 0 Å². The van der Waals surface area contributed by atoms with E-state index in [2.05, 4.69) is 5.32 Å². The van der Waals surface area contributed by atoms with Crippen LogP contribution in [0, 0.1) is 17.6 Å². The highest BCUT2D eigenvalue weighted by atomic mass is 19.1. The van der Waals surface area contributed by atoms with Crippen LogP contribution >= 0.6 is 0 Å². The molecule has 0 amide bonds. The normalized spacial score (nSPS) is 23.9. The molecule has 1 aliphatic rings. The first-order valence-corrected chi connectivity index (χ1v) is 5.97. The largest absolute Gasteiger partial charge is 0.481 e. The minimum atomic E-state index is -0.837. The van der Waals surface area contributed by atoms with Crippen molar-refractivity contribution < 1.29 is 18.7 Å². The fourth-order valence-corrected chi connectivity index (χ4v) is 2.36. The number of nitrogens with one attached hydrogen (secondary N) is 1. The molecule has 2 atom stereocenters. The van der Waals surface area contributed by atoms with E-state index in [1.807, 2.05) is 0 Å². The number of carbonyl (C=O) groups is 1. The molecule has 0 radical (unpaired) electrons. The van der Waals surface area contributed by atoms with Crippen molar-refractivity contribution in [2.45, 2.75) is 25.3 Å². The van der Waals surface area contributed by atoms with Gasteiger partial charge in [0.15, 0.2) is 0 Å². The van der Waals surface area contributed by atoms with Gasteiger partial charge in [-0.3, -0.25) is 4.79 Å². The van der Waals surface area contributed by atoms with Crippen LogP contribution in [0.4, 0.5) is 8.78 Å². The number of halogens is 2. The van der Waals surface area contributed by atoms with Crippen molar-refractivity contribution >= 4 is 5.97 Å². The van der Waals surface area contributed by atoms with Crippen molar-refractivity contribution in [1.29, 1.82) is 0 Å². The van der Waals surface area contributed by atoms with Gasteiger partial charge in [0, 0.05) is 11.6 Å². The van der Waals surface area contributed by atoms with Gasteiger partial charge in [0.2, 0.25) is 0 Å². The first-order valence-electron chi connectivity index (χ1n) is 5.97. The van der Waals surface area contributed by atoms with Crippen LogP contribution < -0.4 is 5.32 Å². The molecule has 0 aliphatic carbocycles. The molecule has 1 aliphatic heterocycles. The van der Waals surface area contributed by atoms with Crippen LogP contribution in [0.1, 0.15) is 18.4 Å². The minimum Gasteiger partial charge on any atom is -0.481 e. The monoisotopic (exact) mass is 255 g/mol. The highest BCUT2D eigenvalue weighted by Crippen LogP contribution is 2.21. The third-order valence-electron chi connectivity index (χ3n) is 3.36. The Balaban J connectivity index is 2.07. The summed E-state index contributed by atoms with van der Waals surface area (Å²) < 4.78 is 27.0. The molecule has 1 fully saturated rings. The van der Waals surface area contributed by atoms with Crippen molar-refractivity contribution in [2.24, 2.45) is 5.92 Å². The molecule has 0 saturated carbocycles. The van der Waals surface area contributed by atoms with E-state index in [0.29, 0.717) is 19.4 Å². The van der Waals surface area contributed by atoms with Crippen molar-refractivity contribution in [3.05, 3.63) is 35.4 Å². The summed E-state index contributed by atoms with van der Waals surface area (Å²) >= 11 is 0. The van der Waals surface area contributed by atoms with Crippen molar-refractivity contribution in [3.63, 3.8) is 0 Å². The van der Waals surface area contributed by atoms with Crippen molar-refractivity contribution in [3.8, 4) is 0 Å². The van der Waals surface area contributed by atoms with Gasteiger partial charge in [-0.15, -0.1) is 0 Å². The van der Waals surface area contributed by atoms with Gasteiger partial charge in [-0.2, -0.15) is 0 Å². The first-order chi connectivity index (χ1) is 8.58. The van der Waals surface area contributed by atoms with Crippen LogP contribution in [-0.4, -0.2) is 23.7 Å². The predicted octanol–water partition coefficient (Wildman–Crippen LogP) is 1.96. The zero-order chi connectivity index (χ0) is 13.1. The van der Waals surface area contributed by atoms with Crippen molar-refractivity contribution in [2.75, 3.05) is 6.54 Å². The maximum Gasteiger partial charge on any atom is 0.306 e. The number of rotatable bonds is 3. The molecule has 0 bridgehead atoms. The van der Waals surface area contributed by atoms with E-state index in [1.54, 1.807) is 0 Å². The second kappa shape index (κ2) is 5.44. The number of hydrogen-bond acceptors (Lipinski definition) is 2. The summed E-state index contributed by atoms with van der Waals surface area (Å²) in [5.41, 5.74) is 0.0287. The molecule has 1 saturated heterocycles. The van der Waals surface area contributed by atoms with Gasteiger partial charge in [-0.25, -0.2) is 8.78 Å². The predicted molar refractivity (Wildman–Crippen MR) is 62.2 cm³/mol. The van der Waals surface area contributed by atoms with E-state index in [1.165, 1.54) is 18.2 Å². The van der Waals surface area contributed by atoms with E-state index in [9.17, 15) is 13.6 Å². The Morgan fingerprint density at radius 1 is 1.39 bits per heavy atom. The Labute approximate surface area is 104 Å². The Morgan fingerprint density at radius 3 is 2.67 bits per heavy atom. The van der Waals surface area contributed by atoms with E-state index >= 15 is 0 Å². The molecule has 1 aromatic rings. The maximum absolute atomic E-state index is 13.5. The molecule has 1 aromatic carbocycles. The van der Waals surface area contributed by atoms with Crippen LogP contribution in [0.3, 0.4) is 0 Å². The quantitative estimate of drug-likeness (QED) is 0.868. The van der Waals surface area contributed by atoms with Crippen LogP contribution in [0.15, 0.2) is 18.2 Å². The van der Waals surface area contributed by atoms with Gasteiger partial charge in [0.05, 0.1) is 5.92 Å². The molecule has 0 aromatic heterocycles. The highest BCUT2D eigenvalue weighted by Gasteiger charge is 2.27. The summed E-state index contributed by atoms with van der Waals surface area (Å²) in [6.45, 7) is 0.567. The molecular weight excluding hydrogens is 240 g/mol. The highest BCUT2D eigenvalue weighted by molar-refractivity contribution is 5.70. The van der Waals surface area contributed by atoms with Crippen molar-refractivity contribution in [1.82, 2.24) is 5.32 Å². The second-order valence-corrected chi connectivity index (χ2v) is 4.61. The van der Waals surface area contributed by atoms with Gasteiger partial charge in [-0.05, 0) is 37.9 Å². The minimum absolute atomic E-state index is 0.0287. The van der Waals surface area contributed by atoms with E-state index in [-0.39, 0.29) is 18.0 Å². The lowest BCUT2D eigenvalue weighted by atomic mass is 9.89. The summed E-state index contributed by atoms with van der Waals surface area (Å²) in [6.07, 6.45) is 1.15. The van der Waals surface area contributed by atoms with Gasteiger partial charge < -0.3 is 10.4 Å².